The second-order valence-electron chi connectivity index (χ2n) is 4.43. The third-order valence-corrected chi connectivity index (χ3v) is 3.84. The fourth-order valence-corrected chi connectivity index (χ4v) is 2.44. The van der Waals surface area contributed by atoms with Crippen LogP contribution in [-0.2, 0) is 0 Å². The van der Waals surface area contributed by atoms with Gasteiger partial charge in [0, 0.05) is 3.57 Å². The molecule has 0 saturated heterocycles. The lowest BCUT2D eigenvalue weighted by Crippen LogP contribution is -2.05. The molecule has 5 heteroatoms. The second kappa shape index (κ2) is 5.24. The fourth-order valence-electron chi connectivity index (χ4n) is 1.92. The zero-order chi connectivity index (χ0) is 14.1. The van der Waals surface area contributed by atoms with Crippen molar-refractivity contribution in [1.29, 1.82) is 0 Å². The first-order valence-corrected chi connectivity index (χ1v) is 7.14. The highest BCUT2D eigenvalue weighted by atomic mass is 127. The zero-order valence-corrected chi connectivity index (χ0v) is 12.8. The molecule has 3 aromatic rings. The Morgan fingerprint density at radius 2 is 2.00 bits per heavy atom. The monoisotopic (exact) mass is 378 g/mol. The van der Waals surface area contributed by atoms with Gasteiger partial charge in [0.05, 0.1) is 16.6 Å². The van der Waals surface area contributed by atoms with Gasteiger partial charge >= 0.3 is 11.6 Å². The number of halogens is 1. The Hall–Kier alpha value is -1.89. The average molecular weight is 378 g/mol. The van der Waals surface area contributed by atoms with E-state index in [0.29, 0.717) is 10.9 Å². The summed E-state index contributed by atoms with van der Waals surface area (Å²) in [5.74, 6) is 0. The Morgan fingerprint density at radius 1 is 1.20 bits per heavy atom. The molecule has 0 radical (unpaired) electrons. The van der Waals surface area contributed by atoms with Crippen LogP contribution in [0.2, 0.25) is 0 Å². The predicted molar refractivity (Wildman–Crippen MR) is 87.5 cm³/mol. The topological polar surface area (TPSA) is 55.1 Å². The molecule has 100 valence electrons. The van der Waals surface area contributed by atoms with Gasteiger partial charge in [-0.1, -0.05) is 23.8 Å². The number of hydrogen-bond donors (Lipinski definition) is 1. The van der Waals surface area contributed by atoms with Gasteiger partial charge in [-0.25, -0.2) is 4.79 Å². The standard InChI is InChI=1S/C15H11IN2O2/c1-9-6-7-12-10(8-9)14(19)20-15(17-12)18-13-5-3-2-4-11(13)16/h2-8H,1H3,(H,17,18). The molecule has 1 heterocycles. The predicted octanol–water partition coefficient (Wildman–Crippen LogP) is 3.84. The summed E-state index contributed by atoms with van der Waals surface area (Å²) in [6.07, 6.45) is 0. The smallest absolute Gasteiger partial charge is 0.348 e. The number of benzene rings is 2. The first-order valence-electron chi connectivity index (χ1n) is 6.06. The molecule has 20 heavy (non-hydrogen) atoms. The average Bonchev–Trinajstić information content (AvgIpc) is 2.42. The molecule has 1 aromatic heterocycles. The van der Waals surface area contributed by atoms with Gasteiger partial charge in [-0.05, 0) is 53.8 Å². The van der Waals surface area contributed by atoms with E-state index >= 15 is 0 Å². The molecule has 0 saturated carbocycles. The highest BCUT2D eigenvalue weighted by Gasteiger charge is 2.07. The van der Waals surface area contributed by atoms with E-state index in [9.17, 15) is 4.79 Å². The van der Waals surface area contributed by atoms with E-state index in [4.69, 9.17) is 4.42 Å². The molecule has 0 atom stereocenters. The largest absolute Gasteiger partial charge is 0.388 e. The van der Waals surface area contributed by atoms with Gasteiger partial charge in [0.1, 0.15) is 0 Å². The molecule has 1 N–H and O–H groups in total. The molecule has 0 unspecified atom stereocenters. The Balaban J connectivity index is 2.08. The number of nitrogens with one attached hydrogen (secondary N) is 1. The molecule has 0 aliphatic rings. The van der Waals surface area contributed by atoms with Crippen molar-refractivity contribution in [1.82, 2.24) is 4.98 Å². The van der Waals surface area contributed by atoms with E-state index in [2.05, 4.69) is 32.9 Å². The first-order chi connectivity index (χ1) is 9.63. The molecule has 2 aromatic carbocycles. The highest BCUT2D eigenvalue weighted by molar-refractivity contribution is 14.1. The van der Waals surface area contributed by atoms with Crippen LogP contribution in [0.25, 0.3) is 10.9 Å². The summed E-state index contributed by atoms with van der Waals surface area (Å²) in [4.78, 5) is 16.3. The van der Waals surface area contributed by atoms with Gasteiger partial charge in [-0.2, -0.15) is 4.98 Å². The van der Waals surface area contributed by atoms with Gasteiger partial charge in [0.25, 0.3) is 0 Å². The fraction of sp³-hybridized carbons (Fsp3) is 0.0667. The lowest BCUT2D eigenvalue weighted by atomic mass is 10.2. The summed E-state index contributed by atoms with van der Waals surface area (Å²) >= 11 is 2.21. The van der Waals surface area contributed by atoms with Gasteiger partial charge in [-0.15, -0.1) is 0 Å². The van der Waals surface area contributed by atoms with E-state index in [1.807, 2.05) is 43.3 Å². The molecule has 0 aliphatic carbocycles. The summed E-state index contributed by atoms with van der Waals surface area (Å²) in [6.45, 7) is 1.93. The molecule has 3 rings (SSSR count). The minimum atomic E-state index is -0.382. The van der Waals surface area contributed by atoms with Crippen LogP contribution >= 0.6 is 22.6 Å². The van der Waals surface area contributed by atoms with Crippen LogP contribution in [0.5, 0.6) is 0 Å². The third kappa shape index (κ3) is 2.53. The van der Waals surface area contributed by atoms with E-state index in [0.717, 1.165) is 14.8 Å². The van der Waals surface area contributed by atoms with Crippen LogP contribution in [0.15, 0.2) is 51.7 Å². The van der Waals surface area contributed by atoms with Crippen LogP contribution < -0.4 is 10.9 Å². The van der Waals surface area contributed by atoms with E-state index in [-0.39, 0.29) is 11.6 Å². The number of aromatic nitrogens is 1. The maximum atomic E-state index is 12.0. The Morgan fingerprint density at radius 3 is 2.80 bits per heavy atom. The van der Waals surface area contributed by atoms with Crippen molar-refractivity contribution in [3.8, 4) is 0 Å². The summed E-state index contributed by atoms with van der Waals surface area (Å²) in [6, 6.07) is 13.5. The molecule has 0 aliphatic heterocycles. The Kier molecular flexibility index (Phi) is 3.43. The van der Waals surface area contributed by atoms with Gasteiger partial charge in [0.2, 0.25) is 0 Å². The quantitative estimate of drug-likeness (QED) is 0.689. The van der Waals surface area contributed by atoms with Gasteiger partial charge < -0.3 is 9.73 Å². The molecular formula is C15H11IN2O2. The van der Waals surface area contributed by atoms with Crippen LogP contribution in [0.3, 0.4) is 0 Å². The van der Waals surface area contributed by atoms with Crippen LogP contribution in [-0.4, -0.2) is 4.98 Å². The lowest BCUT2D eigenvalue weighted by molar-refractivity contribution is 0.522. The Bertz CT molecular complexity index is 843. The van der Waals surface area contributed by atoms with Crippen molar-refractivity contribution in [2.24, 2.45) is 0 Å². The number of hydrogen-bond acceptors (Lipinski definition) is 4. The summed E-state index contributed by atoms with van der Waals surface area (Å²) in [5, 5.41) is 3.53. The molecule has 0 spiro atoms. The third-order valence-electron chi connectivity index (χ3n) is 2.90. The first kappa shape index (κ1) is 13.1. The van der Waals surface area contributed by atoms with Gasteiger partial charge in [0.15, 0.2) is 0 Å². The van der Waals surface area contributed by atoms with Crippen LogP contribution in [0.1, 0.15) is 5.56 Å². The highest BCUT2D eigenvalue weighted by Crippen LogP contribution is 2.21. The SMILES string of the molecule is Cc1ccc2nc(Nc3ccccc3I)oc(=O)c2c1. The van der Waals surface area contributed by atoms with Crippen molar-refractivity contribution in [2.45, 2.75) is 6.92 Å². The number of nitrogens with zero attached hydrogens (tertiary/aromatic N) is 1. The number of para-hydroxylation sites is 1. The molecule has 0 bridgehead atoms. The zero-order valence-electron chi connectivity index (χ0n) is 10.7. The normalized spacial score (nSPS) is 10.7. The number of aryl methyl sites for hydroxylation is 1. The van der Waals surface area contributed by atoms with Crippen LogP contribution in [0.4, 0.5) is 11.7 Å². The molecule has 0 fully saturated rings. The maximum Gasteiger partial charge on any atom is 0.348 e. The molecule has 4 nitrogen and oxygen atoms in total. The lowest BCUT2D eigenvalue weighted by Gasteiger charge is -2.06. The number of anilines is 2. The van der Waals surface area contributed by atoms with Crippen molar-refractivity contribution < 1.29 is 4.42 Å². The van der Waals surface area contributed by atoms with E-state index in [1.54, 1.807) is 6.07 Å². The summed E-state index contributed by atoms with van der Waals surface area (Å²) in [7, 11) is 0. The summed E-state index contributed by atoms with van der Waals surface area (Å²) < 4.78 is 6.25. The van der Waals surface area contributed by atoms with Crippen molar-refractivity contribution in [3.05, 3.63) is 62.0 Å². The Labute approximate surface area is 129 Å². The minimum absolute atomic E-state index is 0.204. The molecule has 0 amide bonds. The maximum absolute atomic E-state index is 12.0. The number of fused-ring (bicyclic) bond motifs is 1. The van der Waals surface area contributed by atoms with Crippen LogP contribution in [0, 0.1) is 10.5 Å². The summed E-state index contributed by atoms with van der Waals surface area (Å²) in [5.41, 5.74) is 2.10. The number of rotatable bonds is 2. The van der Waals surface area contributed by atoms with E-state index in [1.165, 1.54) is 0 Å². The minimum Gasteiger partial charge on any atom is -0.388 e. The van der Waals surface area contributed by atoms with Crippen molar-refractivity contribution >= 4 is 45.2 Å². The molecular weight excluding hydrogens is 367 g/mol. The van der Waals surface area contributed by atoms with Crippen molar-refractivity contribution in [2.75, 3.05) is 5.32 Å². The second-order valence-corrected chi connectivity index (χ2v) is 5.59. The van der Waals surface area contributed by atoms with Gasteiger partial charge in [-0.3, -0.25) is 0 Å². The van der Waals surface area contributed by atoms with Crippen molar-refractivity contribution in [3.63, 3.8) is 0 Å². The van der Waals surface area contributed by atoms with E-state index < -0.39 is 0 Å².